The summed E-state index contributed by atoms with van der Waals surface area (Å²) in [6, 6.07) is 5.71. The van der Waals surface area contributed by atoms with Gasteiger partial charge < -0.3 is 20.3 Å². The van der Waals surface area contributed by atoms with Gasteiger partial charge in [0.2, 0.25) is 5.91 Å². The number of piperazine rings is 1. The Kier molecular flexibility index (Phi) is 7.60. The fraction of sp³-hybridized carbons (Fsp3) is 0.526. The van der Waals surface area contributed by atoms with Crippen LogP contribution in [-0.2, 0) is 14.3 Å². The maximum absolute atomic E-state index is 12.1. The molecule has 1 aromatic carbocycles. The van der Waals surface area contributed by atoms with Gasteiger partial charge in [-0.25, -0.2) is 4.79 Å². The molecule has 0 spiro atoms. The molecule has 0 saturated carbocycles. The first-order chi connectivity index (χ1) is 12.9. The highest BCUT2D eigenvalue weighted by atomic mass is 16.6. The van der Waals surface area contributed by atoms with E-state index in [1.165, 1.54) is 0 Å². The van der Waals surface area contributed by atoms with Gasteiger partial charge in [0.25, 0.3) is 5.91 Å². The highest BCUT2D eigenvalue weighted by Gasteiger charge is 2.25. The van der Waals surface area contributed by atoms with Crippen molar-refractivity contribution in [3.05, 3.63) is 29.3 Å². The van der Waals surface area contributed by atoms with Crippen molar-refractivity contribution in [1.82, 2.24) is 10.2 Å². The van der Waals surface area contributed by atoms with Gasteiger partial charge >= 0.3 is 6.09 Å². The summed E-state index contributed by atoms with van der Waals surface area (Å²) in [7, 11) is 0. The van der Waals surface area contributed by atoms with Crippen molar-refractivity contribution in [3.8, 4) is 0 Å². The van der Waals surface area contributed by atoms with Gasteiger partial charge in [0.15, 0.2) is 6.54 Å². The first-order valence-electron chi connectivity index (χ1n) is 9.28. The summed E-state index contributed by atoms with van der Waals surface area (Å²) in [4.78, 5) is 38.6. The number of benzene rings is 1. The fourth-order valence-electron chi connectivity index (χ4n) is 2.95. The number of rotatable bonds is 6. The number of amides is 3. The molecule has 8 heteroatoms. The summed E-state index contributed by atoms with van der Waals surface area (Å²) in [5.74, 6) is -0.426. The number of anilines is 1. The van der Waals surface area contributed by atoms with Crippen molar-refractivity contribution in [2.45, 2.75) is 20.8 Å². The fourth-order valence-corrected chi connectivity index (χ4v) is 2.95. The molecule has 1 saturated heterocycles. The third-order valence-corrected chi connectivity index (χ3v) is 4.73. The van der Waals surface area contributed by atoms with Crippen LogP contribution in [-0.4, -0.2) is 68.7 Å². The normalized spacial score (nSPS) is 14.6. The molecule has 2 rings (SSSR count). The number of nitrogens with zero attached hydrogens (tertiary/aromatic N) is 1. The quantitative estimate of drug-likeness (QED) is 0.636. The van der Waals surface area contributed by atoms with Crippen molar-refractivity contribution >= 4 is 23.6 Å². The Morgan fingerprint density at radius 3 is 2.52 bits per heavy atom. The third kappa shape index (κ3) is 6.25. The molecule has 1 aliphatic heterocycles. The summed E-state index contributed by atoms with van der Waals surface area (Å²) in [6.45, 7) is 8.78. The van der Waals surface area contributed by atoms with Crippen molar-refractivity contribution in [3.63, 3.8) is 0 Å². The largest absolute Gasteiger partial charge is 0.450 e. The molecule has 0 aliphatic carbocycles. The van der Waals surface area contributed by atoms with Crippen LogP contribution in [0.4, 0.5) is 10.5 Å². The topological polar surface area (TPSA) is 92.2 Å². The minimum atomic E-state index is -0.302. The van der Waals surface area contributed by atoms with Crippen molar-refractivity contribution < 1.29 is 24.0 Å². The third-order valence-electron chi connectivity index (χ3n) is 4.73. The number of hydrogen-bond acceptors (Lipinski definition) is 4. The average Bonchev–Trinajstić information content (AvgIpc) is 2.64. The SMILES string of the molecule is CCOC(=O)N1CC[NH+](CC(=O)NCC(=O)Nc2cccc(C)c2C)CC1. The molecule has 1 fully saturated rings. The van der Waals surface area contributed by atoms with E-state index in [-0.39, 0.29) is 31.0 Å². The zero-order valence-electron chi connectivity index (χ0n) is 16.3. The van der Waals surface area contributed by atoms with E-state index < -0.39 is 0 Å². The number of carbonyl (C=O) groups is 3. The highest BCUT2D eigenvalue weighted by molar-refractivity contribution is 5.95. The minimum absolute atomic E-state index is 0.0611. The first-order valence-corrected chi connectivity index (χ1v) is 9.28. The Bertz CT molecular complexity index is 684. The van der Waals surface area contributed by atoms with Gasteiger partial charge in [0.1, 0.15) is 0 Å². The Balaban J connectivity index is 1.70. The number of quaternary nitrogens is 1. The molecular formula is C19H29N4O4+. The minimum Gasteiger partial charge on any atom is -0.450 e. The summed E-state index contributed by atoms with van der Waals surface area (Å²) in [6.07, 6.45) is -0.302. The monoisotopic (exact) mass is 377 g/mol. The molecule has 1 heterocycles. The Morgan fingerprint density at radius 2 is 1.85 bits per heavy atom. The number of ether oxygens (including phenoxy) is 1. The van der Waals surface area contributed by atoms with Crippen LogP contribution >= 0.6 is 0 Å². The van der Waals surface area contributed by atoms with Crippen molar-refractivity contribution in [2.75, 3.05) is 51.2 Å². The molecule has 1 aliphatic rings. The molecular weight excluding hydrogens is 348 g/mol. The van der Waals surface area contributed by atoms with Crippen molar-refractivity contribution in [1.29, 1.82) is 0 Å². The lowest BCUT2D eigenvalue weighted by molar-refractivity contribution is -0.896. The number of hydrogen-bond donors (Lipinski definition) is 3. The van der Waals surface area contributed by atoms with Crippen LogP contribution in [0.1, 0.15) is 18.1 Å². The van der Waals surface area contributed by atoms with Crippen LogP contribution in [0.15, 0.2) is 18.2 Å². The van der Waals surface area contributed by atoms with Gasteiger partial charge in [-0.15, -0.1) is 0 Å². The van der Waals surface area contributed by atoms with Crippen LogP contribution in [0.2, 0.25) is 0 Å². The van der Waals surface area contributed by atoms with E-state index in [1.54, 1.807) is 11.8 Å². The van der Waals surface area contributed by atoms with Gasteiger partial charge in [-0.3, -0.25) is 14.5 Å². The molecule has 0 bridgehead atoms. The lowest BCUT2D eigenvalue weighted by Gasteiger charge is -2.31. The standard InChI is InChI=1S/C19H28N4O4/c1-4-27-19(26)23-10-8-22(9-11-23)13-18(25)20-12-17(24)21-16-7-5-6-14(2)15(16)3/h5-7H,4,8-13H2,1-3H3,(H,20,25)(H,21,24)/p+1. The molecule has 8 nitrogen and oxygen atoms in total. The average molecular weight is 377 g/mol. The molecule has 148 valence electrons. The van der Waals surface area contributed by atoms with E-state index in [2.05, 4.69) is 10.6 Å². The predicted octanol–water partition coefficient (Wildman–Crippen LogP) is -0.285. The second kappa shape index (κ2) is 9.91. The van der Waals surface area contributed by atoms with E-state index in [4.69, 9.17) is 4.74 Å². The maximum Gasteiger partial charge on any atom is 0.410 e. The molecule has 0 unspecified atom stereocenters. The second-order valence-electron chi connectivity index (χ2n) is 6.69. The molecule has 0 radical (unpaired) electrons. The lowest BCUT2D eigenvalue weighted by atomic mass is 10.1. The van der Waals surface area contributed by atoms with Gasteiger partial charge in [0.05, 0.1) is 39.3 Å². The van der Waals surface area contributed by atoms with Gasteiger partial charge in [-0.05, 0) is 38.0 Å². The van der Waals surface area contributed by atoms with Crippen LogP contribution in [0, 0.1) is 13.8 Å². The number of aryl methyl sites for hydroxylation is 1. The lowest BCUT2D eigenvalue weighted by Crippen LogP contribution is -3.15. The van der Waals surface area contributed by atoms with E-state index in [0.29, 0.717) is 32.8 Å². The Morgan fingerprint density at radius 1 is 1.15 bits per heavy atom. The smallest absolute Gasteiger partial charge is 0.410 e. The molecule has 27 heavy (non-hydrogen) atoms. The number of carbonyl (C=O) groups excluding carboxylic acids is 3. The first kappa shape index (κ1) is 20.7. The van der Waals surface area contributed by atoms with Crippen LogP contribution < -0.4 is 15.5 Å². The van der Waals surface area contributed by atoms with Crippen LogP contribution in [0.3, 0.4) is 0 Å². The molecule has 3 amide bonds. The van der Waals surface area contributed by atoms with E-state index in [0.717, 1.165) is 21.7 Å². The zero-order valence-corrected chi connectivity index (χ0v) is 16.3. The van der Waals surface area contributed by atoms with Gasteiger partial charge in [-0.1, -0.05) is 12.1 Å². The van der Waals surface area contributed by atoms with Crippen LogP contribution in [0.5, 0.6) is 0 Å². The summed E-state index contributed by atoms with van der Waals surface area (Å²) in [5, 5.41) is 5.48. The van der Waals surface area contributed by atoms with Crippen LogP contribution in [0.25, 0.3) is 0 Å². The maximum atomic E-state index is 12.1. The van der Waals surface area contributed by atoms with Gasteiger partial charge in [-0.2, -0.15) is 0 Å². The molecule has 3 N–H and O–H groups in total. The summed E-state index contributed by atoms with van der Waals surface area (Å²) >= 11 is 0. The second-order valence-corrected chi connectivity index (χ2v) is 6.69. The van der Waals surface area contributed by atoms with E-state index in [1.807, 2.05) is 32.0 Å². The van der Waals surface area contributed by atoms with E-state index in [9.17, 15) is 14.4 Å². The molecule has 0 atom stereocenters. The molecule has 1 aromatic rings. The number of nitrogens with one attached hydrogen (secondary N) is 3. The van der Waals surface area contributed by atoms with Gasteiger partial charge in [0, 0.05) is 5.69 Å². The predicted molar refractivity (Wildman–Crippen MR) is 102 cm³/mol. The Labute approximate surface area is 159 Å². The van der Waals surface area contributed by atoms with Crippen molar-refractivity contribution in [2.24, 2.45) is 0 Å². The summed E-state index contributed by atoms with van der Waals surface area (Å²) in [5.41, 5.74) is 2.87. The zero-order chi connectivity index (χ0) is 19.8. The van der Waals surface area contributed by atoms with E-state index >= 15 is 0 Å². The Hall–Kier alpha value is -2.61. The summed E-state index contributed by atoms with van der Waals surface area (Å²) < 4.78 is 4.98. The highest BCUT2D eigenvalue weighted by Crippen LogP contribution is 2.17. The molecule has 0 aromatic heterocycles.